The highest BCUT2D eigenvalue weighted by molar-refractivity contribution is 5.79. The Bertz CT molecular complexity index is 204. The summed E-state index contributed by atoms with van der Waals surface area (Å²) in [7, 11) is 0. The van der Waals surface area contributed by atoms with Crippen LogP contribution in [0.3, 0.4) is 0 Å². The smallest absolute Gasteiger partial charge is 0.332 e. The van der Waals surface area contributed by atoms with Crippen molar-refractivity contribution in [3.63, 3.8) is 0 Å². The SMILES string of the molecule is CCCCC(C)(N=C=O)C(=O)O. The number of carboxylic acid groups (broad SMARTS) is 1. The van der Waals surface area contributed by atoms with Gasteiger partial charge in [0.25, 0.3) is 0 Å². The average Bonchev–Trinajstić information content (AvgIpc) is 2.01. The number of nitrogens with zero attached hydrogens (tertiary/aromatic N) is 1. The Kier molecular flexibility index (Phi) is 4.22. The Labute approximate surface area is 71.3 Å². The summed E-state index contributed by atoms with van der Waals surface area (Å²) in [6.07, 6.45) is 3.31. The minimum absolute atomic E-state index is 0.383. The first kappa shape index (κ1) is 10.8. The summed E-state index contributed by atoms with van der Waals surface area (Å²) in [5, 5.41) is 8.72. The molecule has 1 N–H and O–H groups in total. The predicted octanol–water partition coefficient (Wildman–Crippen LogP) is 1.36. The molecule has 0 aliphatic heterocycles. The molecular weight excluding hydrogens is 158 g/mol. The predicted molar refractivity (Wildman–Crippen MR) is 43.7 cm³/mol. The number of rotatable bonds is 5. The summed E-state index contributed by atoms with van der Waals surface area (Å²) in [6, 6.07) is 0. The second-order valence-corrected chi connectivity index (χ2v) is 2.89. The van der Waals surface area contributed by atoms with E-state index < -0.39 is 11.5 Å². The molecule has 0 amide bonds. The molecule has 68 valence electrons. The Balaban J connectivity index is 4.39. The van der Waals surface area contributed by atoms with Crippen LogP contribution in [-0.4, -0.2) is 22.7 Å². The Morgan fingerprint density at radius 2 is 2.25 bits per heavy atom. The molecule has 12 heavy (non-hydrogen) atoms. The summed E-state index contributed by atoms with van der Waals surface area (Å²) in [5.74, 6) is -1.07. The third-order valence-corrected chi connectivity index (χ3v) is 1.77. The van der Waals surface area contributed by atoms with E-state index in [0.717, 1.165) is 12.8 Å². The van der Waals surface area contributed by atoms with E-state index >= 15 is 0 Å². The number of carbonyl (C=O) groups is 1. The molecule has 0 aliphatic carbocycles. The van der Waals surface area contributed by atoms with Crippen LogP contribution in [0.1, 0.15) is 33.1 Å². The third kappa shape index (κ3) is 2.84. The van der Waals surface area contributed by atoms with E-state index in [2.05, 4.69) is 4.99 Å². The first-order valence-corrected chi connectivity index (χ1v) is 3.89. The number of carbonyl (C=O) groups excluding carboxylic acids is 1. The minimum Gasteiger partial charge on any atom is -0.479 e. The fraction of sp³-hybridized carbons (Fsp3) is 0.750. The van der Waals surface area contributed by atoms with Crippen molar-refractivity contribution in [3.8, 4) is 0 Å². The maximum Gasteiger partial charge on any atom is 0.332 e. The first-order valence-electron chi connectivity index (χ1n) is 3.89. The normalized spacial score (nSPS) is 14.5. The van der Waals surface area contributed by atoms with E-state index in [4.69, 9.17) is 5.11 Å². The lowest BCUT2D eigenvalue weighted by Gasteiger charge is -2.16. The van der Waals surface area contributed by atoms with E-state index in [1.54, 1.807) is 0 Å². The molecule has 0 radical (unpaired) electrons. The molecular formula is C8H13NO3. The summed E-state index contributed by atoms with van der Waals surface area (Å²) in [6.45, 7) is 3.38. The van der Waals surface area contributed by atoms with Gasteiger partial charge in [-0.3, -0.25) is 0 Å². The average molecular weight is 171 g/mol. The van der Waals surface area contributed by atoms with E-state index in [-0.39, 0.29) is 0 Å². The summed E-state index contributed by atoms with van der Waals surface area (Å²) in [4.78, 5) is 23.9. The van der Waals surface area contributed by atoms with Gasteiger partial charge in [-0.15, -0.1) is 0 Å². The number of isocyanates is 1. The van der Waals surface area contributed by atoms with Gasteiger partial charge in [0.2, 0.25) is 6.08 Å². The van der Waals surface area contributed by atoms with Gasteiger partial charge >= 0.3 is 5.97 Å². The highest BCUT2D eigenvalue weighted by Crippen LogP contribution is 2.18. The Morgan fingerprint density at radius 1 is 1.67 bits per heavy atom. The molecule has 0 aliphatic rings. The van der Waals surface area contributed by atoms with Gasteiger partial charge in [0, 0.05) is 0 Å². The molecule has 0 aromatic carbocycles. The summed E-state index contributed by atoms with van der Waals surface area (Å²) in [5.41, 5.74) is -1.28. The number of hydrogen-bond acceptors (Lipinski definition) is 3. The molecule has 4 heteroatoms. The van der Waals surface area contributed by atoms with Gasteiger partial charge in [0.15, 0.2) is 5.54 Å². The standard InChI is InChI=1S/C8H13NO3/c1-3-4-5-8(2,7(11)12)9-6-10/h3-5H2,1-2H3,(H,11,12). The van der Waals surface area contributed by atoms with Crippen LogP contribution in [0.25, 0.3) is 0 Å². The lowest BCUT2D eigenvalue weighted by atomic mass is 9.96. The van der Waals surface area contributed by atoms with E-state index in [0.29, 0.717) is 6.42 Å². The number of unbranched alkanes of at least 4 members (excludes halogenated alkanes) is 1. The summed E-state index contributed by atoms with van der Waals surface area (Å²) >= 11 is 0. The Morgan fingerprint density at radius 3 is 2.58 bits per heavy atom. The van der Waals surface area contributed by atoms with Crippen LogP contribution >= 0.6 is 0 Å². The van der Waals surface area contributed by atoms with E-state index in [9.17, 15) is 9.59 Å². The van der Waals surface area contributed by atoms with Crippen molar-refractivity contribution in [3.05, 3.63) is 0 Å². The van der Waals surface area contributed by atoms with Crippen LogP contribution in [-0.2, 0) is 9.59 Å². The molecule has 0 bridgehead atoms. The molecule has 0 spiro atoms. The molecule has 1 unspecified atom stereocenters. The number of hydrogen-bond donors (Lipinski definition) is 1. The minimum atomic E-state index is -1.28. The largest absolute Gasteiger partial charge is 0.479 e. The maximum atomic E-state index is 10.6. The van der Waals surface area contributed by atoms with Gasteiger partial charge in [-0.1, -0.05) is 19.8 Å². The summed E-state index contributed by atoms with van der Waals surface area (Å²) < 4.78 is 0. The van der Waals surface area contributed by atoms with Crippen molar-refractivity contribution in [1.82, 2.24) is 0 Å². The quantitative estimate of drug-likeness (QED) is 0.501. The number of aliphatic imine (C=N–C) groups is 1. The van der Waals surface area contributed by atoms with E-state index in [1.165, 1.54) is 13.0 Å². The fourth-order valence-electron chi connectivity index (χ4n) is 0.832. The number of carboxylic acids is 1. The molecule has 0 aromatic rings. The maximum absolute atomic E-state index is 10.6. The molecule has 4 nitrogen and oxygen atoms in total. The van der Waals surface area contributed by atoms with Gasteiger partial charge < -0.3 is 5.11 Å². The van der Waals surface area contributed by atoms with Crippen molar-refractivity contribution < 1.29 is 14.7 Å². The lowest BCUT2D eigenvalue weighted by Crippen LogP contribution is -2.32. The van der Waals surface area contributed by atoms with Crippen molar-refractivity contribution >= 4 is 12.0 Å². The lowest BCUT2D eigenvalue weighted by molar-refractivity contribution is -0.142. The molecule has 0 rings (SSSR count). The zero-order chi connectivity index (χ0) is 9.61. The molecule has 0 aromatic heterocycles. The van der Waals surface area contributed by atoms with Crippen molar-refractivity contribution in [1.29, 1.82) is 0 Å². The second-order valence-electron chi connectivity index (χ2n) is 2.89. The van der Waals surface area contributed by atoms with Crippen LogP contribution in [0, 0.1) is 0 Å². The van der Waals surface area contributed by atoms with Gasteiger partial charge in [0.05, 0.1) is 0 Å². The van der Waals surface area contributed by atoms with Crippen LogP contribution in [0.15, 0.2) is 4.99 Å². The van der Waals surface area contributed by atoms with Crippen LogP contribution in [0.5, 0.6) is 0 Å². The molecule has 0 heterocycles. The van der Waals surface area contributed by atoms with Gasteiger partial charge in [0.1, 0.15) is 0 Å². The topological polar surface area (TPSA) is 66.7 Å². The van der Waals surface area contributed by atoms with Crippen molar-refractivity contribution in [2.75, 3.05) is 0 Å². The molecule has 0 saturated heterocycles. The first-order chi connectivity index (χ1) is 5.56. The fourth-order valence-corrected chi connectivity index (χ4v) is 0.832. The van der Waals surface area contributed by atoms with Crippen LogP contribution < -0.4 is 0 Å². The zero-order valence-electron chi connectivity index (χ0n) is 7.33. The van der Waals surface area contributed by atoms with E-state index in [1.807, 2.05) is 6.92 Å². The van der Waals surface area contributed by atoms with Crippen molar-refractivity contribution in [2.24, 2.45) is 4.99 Å². The molecule has 1 atom stereocenters. The van der Waals surface area contributed by atoms with Gasteiger partial charge in [-0.05, 0) is 13.3 Å². The van der Waals surface area contributed by atoms with Gasteiger partial charge in [-0.25, -0.2) is 9.59 Å². The zero-order valence-corrected chi connectivity index (χ0v) is 7.33. The van der Waals surface area contributed by atoms with Crippen molar-refractivity contribution in [2.45, 2.75) is 38.6 Å². The van der Waals surface area contributed by atoms with Crippen LogP contribution in [0.4, 0.5) is 0 Å². The van der Waals surface area contributed by atoms with Gasteiger partial charge in [-0.2, -0.15) is 4.99 Å². The second kappa shape index (κ2) is 4.67. The monoisotopic (exact) mass is 171 g/mol. The molecule has 0 fully saturated rings. The third-order valence-electron chi connectivity index (χ3n) is 1.77. The highest BCUT2D eigenvalue weighted by atomic mass is 16.4. The molecule has 0 saturated carbocycles. The Hall–Kier alpha value is -1.15. The van der Waals surface area contributed by atoms with Crippen LogP contribution in [0.2, 0.25) is 0 Å². The number of aliphatic carboxylic acids is 1. The highest BCUT2D eigenvalue weighted by Gasteiger charge is 2.31.